The molecule has 1 heterocycles. The Morgan fingerprint density at radius 2 is 1.88 bits per heavy atom. The van der Waals surface area contributed by atoms with Crippen molar-refractivity contribution in [1.82, 2.24) is 0 Å². The zero-order valence-electron chi connectivity index (χ0n) is 9.36. The fraction of sp³-hybridized carbons (Fsp3) is 0.143. The minimum atomic E-state index is 0.785. The highest BCUT2D eigenvalue weighted by molar-refractivity contribution is 9.10. The van der Waals surface area contributed by atoms with E-state index in [1.54, 1.807) is 0 Å². The summed E-state index contributed by atoms with van der Waals surface area (Å²) in [6, 6.07) is 14.5. The molecule has 0 bridgehead atoms. The number of fused-ring (bicyclic) bond motifs is 1. The van der Waals surface area contributed by atoms with Crippen LogP contribution in [0, 0.1) is 0 Å². The van der Waals surface area contributed by atoms with Gasteiger partial charge in [0.1, 0.15) is 0 Å². The maximum absolute atomic E-state index is 5.77. The van der Waals surface area contributed by atoms with E-state index in [-0.39, 0.29) is 0 Å². The van der Waals surface area contributed by atoms with Crippen molar-refractivity contribution in [3.05, 3.63) is 52.5 Å². The summed E-state index contributed by atoms with van der Waals surface area (Å²) < 4.78 is 1.05. The van der Waals surface area contributed by atoms with Crippen LogP contribution in [0.2, 0.25) is 0 Å². The number of nitrogen functional groups attached to an aromatic ring is 1. The second kappa shape index (κ2) is 4.08. The average Bonchev–Trinajstić information content (AvgIpc) is 2.73. The molecule has 0 saturated heterocycles. The Morgan fingerprint density at radius 3 is 2.71 bits per heavy atom. The van der Waals surface area contributed by atoms with Crippen molar-refractivity contribution in [3.8, 4) is 0 Å². The van der Waals surface area contributed by atoms with Gasteiger partial charge in [0, 0.05) is 22.4 Å². The Kier molecular flexibility index (Phi) is 2.56. The van der Waals surface area contributed by atoms with Gasteiger partial charge in [0.2, 0.25) is 0 Å². The number of halogens is 1. The highest BCUT2D eigenvalue weighted by Crippen LogP contribution is 2.38. The van der Waals surface area contributed by atoms with E-state index < -0.39 is 0 Å². The Morgan fingerprint density at radius 1 is 1.06 bits per heavy atom. The van der Waals surface area contributed by atoms with Crippen molar-refractivity contribution in [2.75, 3.05) is 17.2 Å². The number of hydrogen-bond acceptors (Lipinski definition) is 2. The largest absolute Gasteiger partial charge is 0.399 e. The van der Waals surface area contributed by atoms with Gasteiger partial charge >= 0.3 is 0 Å². The van der Waals surface area contributed by atoms with Crippen LogP contribution >= 0.6 is 15.9 Å². The predicted octanol–water partition coefficient (Wildman–Crippen LogP) is 3.73. The average molecular weight is 289 g/mol. The maximum atomic E-state index is 5.77. The van der Waals surface area contributed by atoms with Crippen molar-refractivity contribution in [2.45, 2.75) is 6.42 Å². The van der Waals surface area contributed by atoms with Crippen LogP contribution < -0.4 is 10.6 Å². The highest BCUT2D eigenvalue weighted by atomic mass is 79.9. The molecule has 1 aliphatic heterocycles. The van der Waals surface area contributed by atoms with E-state index in [0.29, 0.717) is 0 Å². The third-order valence-corrected chi connectivity index (χ3v) is 3.78. The van der Waals surface area contributed by atoms with E-state index >= 15 is 0 Å². The summed E-state index contributed by atoms with van der Waals surface area (Å²) in [5.74, 6) is 0. The van der Waals surface area contributed by atoms with Crippen molar-refractivity contribution < 1.29 is 0 Å². The molecule has 0 unspecified atom stereocenters. The maximum Gasteiger partial charge on any atom is 0.0556 e. The van der Waals surface area contributed by atoms with E-state index in [2.05, 4.69) is 51.2 Å². The van der Waals surface area contributed by atoms with Gasteiger partial charge in [-0.2, -0.15) is 0 Å². The molecule has 3 heteroatoms. The molecule has 0 amide bonds. The monoisotopic (exact) mass is 288 g/mol. The first-order valence-electron chi connectivity index (χ1n) is 5.66. The number of para-hydroxylation sites is 1. The van der Waals surface area contributed by atoms with Gasteiger partial charge < -0.3 is 10.6 Å². The fourth-order valence-corrected chi connectivity index (χ4v) is 2.94. The molecule has 86 valence electrons. The summed E-state index contributed by atoms with van der Waals surface area (Å²) >= 11 is 3.59. The summed E-state index contributed by atoms with van der Waals surface area (Å²) in [5, 5.41) is 0. The molecule has 2 aromatic carbocycles. The van der Waals surface area contributed by atoms with Gasteiger partial charge in [-0.1, -0.05) is 18.2 Å². The van der Waals surface area contributed by atoms with Gasteiger partial charge in [0.15, 0.2) is 0 Å². The van der Waals surface area contributed by atoms with E-state index in [1.165, 1.54) is 16.9 Å². The number of rotatable bonds is 1. The van der Waals surface area contributed by atoms with Crippen molar-refractivity contribution in [2.24, 2.45) is 0 Å². The van der Waals surface area contributed by atoms with Gasteiger partial charge in [0.05, 0.1) is 5.69 Å². The van der Waals surface area contributed by atoms with Gasteiger partial charge in [-0.3, -0.25) is 0 Å². The van der Waals surface area contributed by atoms with Crippen LogP contribution in [-0.2, 0) is 6.42 Å². The summed E-state index contributed by atoms with van der Waals surface area (Å²) in [4.78, 5) is 2.33. The van der Waals surface area contributed by atoms with Crippen molar-refractivity contribution in [1.29, 1.82) is 0 Å². The lowest BCUT2D eigenvalue weighted by Gasteiger charge is -2.21. The highest BCUT2D eigenvalue weighted by Gasteiger charge is 2.21. The smallest absolute Gasteiger partial charge is 0.0556 e. The Labute approximate surface area is 109 Å². The van der Waals surface area contributed by atoms with Crippen molar-refractivity contribution in [3.63, 3.8) is 0 Å². The second-order valence-corrected chi connectivity index (χ2v) is 5.10. The van der Waals surface area contributed by atoms with Crippen molar-refractivity contribution >= 4 is 33.0 Å². The summed E-state index contributed by atoms with van der Waals surface area (Å²) in [6.45, 7) is 1.03. The van der Waals surface area contributed by atoms with Crippen LogP contribution in [0.5, 0.6) is 0 Å². The lowest BCUT2D eigenvalue weighted by Crippen LogP contribution is -2.13. The molecule has 2 nitrogen and oxygen atoms in total. The molecule has 0 aliphatic carbocycles. The molecule has 0 saturated carbocycles. The van der Waals surface area contributed by atoms with E-state index in [1.807, 2.05) is 12.1 Å². The fourth-order valence-electron chi connectivity index (χ4n) is 2.33. The van der Waals surface area contributed by atoms with Crippen LogP contribution in [0.4, 0.5) is 17.1 Å². The molecular weight excluding hydrogens is 276 g/mol. The Bertz CT molecular complexity index is 566. The summed E-state index contributed by atoms with van der Waals surface area (Å²) in [5.41, 5.74) is 10.5. The normalized spacial score (nSPS) is 13.8. The molecule has 0 spiro atoms. The zero-order valence-corrected chi connectivity index (χ0v) is 10.9. The molecular formula is C14H13BrN2. The first-order valence-corrected chi connectivity index (χ1v) is 6.45. The molecule has 0 radical (unpaired) electrons. The molecule has 2 N–H and O–H groups in total. The second-order valence-electron chi connectivity index (χ2n) is 4.24. The molecule has 2 aromatic rings. The van der Waals surface area contributed by atoms with Crippen LogP contribution in [0.3, 0.4) is 0 Å². The number of nitrogens with two attached hydrogens (primary N) is 1. The SMILES string of the molecule is Nc1ccc(N2CCc3ccccc32)c(Br)c1. The van der Waals surface area contributed by atoms with E-state index in [9.17, 15) is 0 Å². The Balaban J connectivity index is 2.07. The molecule has 1 aliphatic rings. The molecule has 0 fully saturated rings. The quantitative estimate of drug-likeness (QED) is 0.811. The summed E-state index contributed by atoms with van der Waals surface area (Å²) in [6.07, 6.45) is 1.10. The third-order valence-electron chi connectivity index (χ3n) is 3.15. The first-order chi connectivity index (χ1) is 8.25. The lowest BCUT2D eigenvalue weighted by molar-refractivity contribution is 0.996. The van der Waals surface area contributed by atoms with Gasteiger partial charge in [-0.25, -0.2) is 0 Å². The number of anilines is 3. The minimum Gasteiger partial charge on any atom is -0.399 e. The van der Waals surface area contributed by atoms with Crippen LogP contribution in [-0.4, -0.2) is 6.54 Å². The number of hydrogen-bond donors (Lipinski definition) is 1. The lowest BCUT2D eigenvalue weighted by atomic mass is 10.2. The first kappa shape index (κ1) is 10.7. The van der Waals surface area contributed by atoms with Gasteiger partial charge in [-0.05, 0) is 52.2 Å². The number of nitrogens with zero attached hydrogens (tertiary/aromatic N) is 1. The molecule has 17 heavy (non-hydrogen) atoms. The molecule has 0 atom stereocenters. The predicted molar refractivity (Wildman–Crippen MR) is 75.7 cm³/mol. The topological polar surface area (TPSA) is 29.3 Å². The van der Waals surface area contributed by atoms with Gasteiger partial charge in [-0.15, -0.1) is 0 Å². The zero-order chi connectivity index (χ0) is 11.8. The summed E-state index contributed by atoms with van der Waals surface area (Å²) in [7, 11) is 0. The molecule has 0 aromatic heterocycles. The standard InChI is InChI=1S/C14H13BrN2/c15-12-9-11(16)5-6-14(12)17-8-7-10-3-1-2-4-13(10)17/h1-6,9H,7-8,16H2. The van der Waals surface area contributed by atoms with Gasteiger partial charge in [0.25, 0.3) is 0 Å². The van der Waals surface area contributed by atoms with Crippen LogP contribution in [0.1, 0.15) is 5.56 Å². The minimum absolute atomic E-state index is 0.785. The van der Waals surface area contributed by atoms with E-state index in [4.69, 9.17) is 5.73 Å². The van der Waals surface area contributed by atoms with Crippen LogP contribution in [0.25, 0.3) is 0 Å². The molecule has 3 rings (SSSR count). The van der Waals surface area contributed by atoms with Crippen LogP contribution in [0.15, 0.2) is 46.9 Å². The Hall–Kier alpha value is -1.48. The third kappa shape index (κ3) is 1.80. The van der Waals surface area contributed by atoms with E-state index in [0.717, 1.165) is 23.1 Å². The number of benzene rings is 2.